The van der Waals surface area contributed by atoms with Gasteiger partial charge in [0.15, 0.2) is 11.0 Å². The standard InChI is InChI=1S/C22H25N5S2/c1-3-9-27-21(18-14-28-19-11-15(2)7-8-17(18)19)24-25-22(27)29-13-16-12-26-10-5-4-6-20(26)23-16/h4-6,10,12,14-15H,3,7-9,11,13H2,1-2H3. The second-order valence-corrected chi connectivity index (χ2v) is 9.75. The van der Waals surface area contributed by atoms with Gasteiger partial charge in [0, 0.05) is 40.5 Å². The van der Waals surface area contributed by atoms with Gasteiger partial charge in [0.2, 0.25) is 0 Å². The van der Waals surface area contributed by atoms with E-state index in [0.717, 1.165) is 53.4 Å². The second kappa shape index (κ2) is 7.95. The fraction of sp³-hybridized carbons (Fsp3) is 0.409. The molecule has 5 rings (SSSR count). The van der Waals surface area contributed by atoms with Crippen LogP contribution in [-0.2, 0) is 25.1 Å². The van der Waals surface area contributed by atoms with Crippen LogP contribution in [0.25, 0.3) is 17.0 Å². The molecule has 4 heterocycles. The van der Waals surface area contributed by atoms with Crippen LogP contribution in [0.4, 0.5) is 0 Å². The van der Waals surface area contributed by atoms with Gasteiger partial charge in [-0.2, -0.15) is 0 Å². The third-order valence-electron chi connectivity index (χ3n) is 5.57. The number of thiophene rings is 1. The number of aromatic nitrogens is 5. The zero-order valence-corrected chi connectivity index (χ0v) is 18.5. The molecule has 7 heteroatoms. The largest absolute Gasteiger partial charge is 0.307 e. The maximum absolute atomic E-state index is 4.71. The average molecular weight is 424 g/mol. The predicted molar refractivity (Wildman–Crippen MR) is 120 cm³/mol. The Morgan fingerprint density at radius 3 is 3.07 bits per heavy atom. The molecule has 0 saturated heterocycles. The van der Waals surface area contributed by atoms with Crippen LogP contribution in [0.5, 0.6) is 0 Å². The van der Waals surface area contributed by atoms with Crippen molar-refractivity contribution in [2.75, 3.05) is 0 Å². The molecule has 0 bridgehead atoms. The van der Waals surface area contributed by atoms with Gasteiger partial charge in [-0.15, -0.1) is 21.5 Å². The first-order chi connectivity index (χ1) is 14.2. The van der Waals surface area contributed by atoms with E-state index >= 15 is 0 Å². The molecule has 5 nitrogen and oxygen atoms in total. The lowest BCUT2D eigenvalue weighted by molar-refractivity contribution is 0.508. The van der Waals surface area contributed by atoms with Gasteiger partial charge in [-0.1, -0.05) is 31.7 Å². The highest BCUT2D eigenvalue weighted by Crippen LogP contribution is 2.38. The summed E-state index contributed by atoms with van der Waals surface area (Å²) in [6, 6.07) is 6.08. The quantitative estimate of drug-likeness (QED) is 0.385. The number of nitrogens with zero attached hydrogens (tertiary/aromatic N) is 5. The molecule has 29 heavy (non-hydrogen) atoms. The zero-order valence-electron chi connectivity index (χ0n) is 16.8. The van der Waals surface area contributed by atoms with Gasteiger partial charge in [-0.25, -0.2) is 4.98 Å². The third-order valence-corrected chi connectivity index (χ3v) is 7.62. The smallest absolute Gasteiger partial charge is 0.191 e. The van der Waals surface area contributed by atoms with Crippen molar-refractivity contribution < 1.29 is 0 Å². The van der Waals surface area contributed by atoms with Crippen molar-refractivity contribution in [3.8, 4) is 11.4 Å². The summed E-state index contributed by atoms with van der Waals surface area (Å²) in [5.74, 6) is 2.62. The summed E-state index contributed by atoms with van der Waals surface area (Å²) >= 11 is 3.63. The molecule has 0 spiro atoms. The number of rotatable bonds is 6. The van der Waals surface area contributed by atoms with E-state index in [1.807, 2.05) is 35.7 Å². The molecule has 1 unspecified atom stereocenters. The molecule has 0 saturated carbocycles. The Labute approximate surface area is 179 Å². The lowest BCUT2D eigenvalue weighted by Crippen LogP contribution is -2.10. The highest BCUT2D eigenvalue weighted by molar-refractivity contribution is 7.98. The highest BCUT2D eigenvalue weighted by Gasteiger charge is 2.24. The summed E-state index contributed by atoms with van der Waals surface area (Å²) < 4.78 is 4.37. The Kier molecular flexibility index (Phi) is 5.18. The van der Waals surface area contributed by atoms with Crippen molar-refractivity contribution in [2.24, 2.45) is 5.92 Å². The molecule has 0 amide bonds. The summed E-state index contributed by atoms with van der Waals surface area (Å²) in [7, 11) is 0. The molecule has 0 radical (unpaired) electrons. The minimum absolute atomic E-state index is 0.791. The number of thioether (sulfide) groups is 1. The second-order valence-electron chi connectivity index (χ2n) is 7.84. The van der Waals surface area contributed by atoms with Crippen molar-refractivity contribution in [1.82, 2.24) is 24.1 Å². The Bertz CT molecular complexity index is 1110. The van der Waals surface area contributed by atoms with E-state index in [4.69, 9.17) is 4.98 Å². The van der Waals surface area contributed by atoms with E-state index < -0.39 is 0 Å². The first-order valence-electron chi connectivity index (χ1n) is 10.3. The number of imidazole rings is 1. The summed E-state index contributed by atoms with van der Waals surface area (Å²) in [4.78, 5) is 6.26. The van der Waals surface area contributed by atoms with Crippen molar-refractivity contribution in [2.45, 2.75) is 57.0 Å². The van der Waals surface area contributed by atoms with Gasteiger partial charge in [0.05, 0.1) is 5.69 Å². The molecule has 1 aliphatic carbocycles. The Hall–Kier alpha value is -2.12. The van der Waals surface area contributed by atoms with Crippen molar-refractivity contribution in [3.05, 3.63) is 52.1 Å². The van der Waals surface area contributed by atoms with E-state index in [1.54, 1.807) is 16.6 Å². The van der Waals surface area contributed by atoms with E-state index in [0.29, 0.717) is 0 Å². The van der Waals surface area contributed by atoms with E-state index in [2.05, 4.69) is 44.6 Å². The van der Waals surface area contributed by atoms with Crippen molar-refractivity contribution in [3.63, 3.8) is 0 Å². The number of pyridine rings is 1. The summed E-state index contributed by atoms with van der Waals surface area (Å²) in [6.45, 7) is 5.51. The number of hydrogen-bond donors (Lipinski definition) is 0. The maximum atomic E-state index is 4.71. The molecule has 1 aliphatic rings. The van der Waals surface area contributed by atoms with E-state index in [1.165, 1.54) is 24.0 Å². The van der Waals surface area contributed by atoms with Gasteiger partial charge in [-0.05, 0) is 49.3 Å². The van der Waals surface area contributed by atoms with Crippen LogP contribution >= 0.6 is 23.1 Å². The minimum atomic E-state index is 0.791. The maximum Gasteiger partial charge on any atom is 0.191 e. The third kappa shape index (κ3) is 3.62. The fourth-order valence-electron chi connectivity index (χ4n) is 4.08. The Morgan fingerprint density at radius 2 is 2.21 bits per heavy atom. The highest BCUT2D eigenvalue weighted by atomic mass is 32.2. The first-order valence-corrected chi connectivity index (χ1v) is 12.2. The molecule has 150 valence electrons. The molecule has 0 N–H and O–H groups in total. The van der Waals surface area contributed by atoms with E-state index in [-0.39, 0.29) is 0 Å². The molecule has 0 aliphatic heterocycles. The van der Waals surface area contributed by atoms with Crippen molar-refractivity contribution >= 4 is 28.7 Å². The van der Waals surface area contributed by atoms with Gasteiger partial charge in [0.1, 0.15) is 5.65 Å². The summed E-state index contributed by atoms with van der Waals surface area (Å²) in [6.07, 6.45) is 8.84. The average Bonchev–Trinajstić information content (AvgIpc) is 3.42. The zero-order chi connectivity index (χ0) is 19.8. The Morgan fingerprint density at radius 1 is 1.28 bits per heavy atom. The van der Waals surface area contributed by atoms with Gasteiger partial charge >= 0.3 is 0 Å². The summed E-state index contributed by atoms with van der Waals surface area (Å²) in [5.41, 5.74) is 4.86. The van der Waals surface area contributed by atoms with Crippen molar-refractivity contribution in [1.29, 1.82) is 0 Å². The SMILES string of the molecule is CCCn1c(SCc2cn3ccccc3n2)nnc1-c1csc2c1CCC(C)C2. The fourth-order valence-corrected chi connectivity index (χ4v) is 6.17. The minimum Gasteiger partial charge on any atom is -0.307 e. The van der Waals surface area contributed by atoms with Gasteiger partial charge in [0.25, 0.3) is 0 Å². The van der Waals surface area contributed by atoms with Gasteiger partial charge in [-0.3, -0.25) is 0 Å². The molecule has 1 atom stereocenters. The van der Waals surface area contributed by atoms with Crippen LogP contribution in [0.3, 0.4) is 0 Å². The lowest BCUT2D eigenvalue weighted by Gasteiger charge is -2.19. The summed E-state index contributed by atoms with van der Waals surface area (Å²) in [5, 5.41) is 12.5. The molecule has 0 aromatic carbocycles. The van der Waals surface area contributed by atoms with Crippen LogP contribution in [0.15, 0.2) is 41.1 Å². The van der Waals surface area contributed by atoms with Crippen LogP contribution in [0.2, 0.25) is 0 Å². The predicted octanol–water partition coefficient (Wildman–Crippen LogP) is 5.48. The van der Waals surface area contributed by atoms with Gasteiger partial charge < -0.3 is 8.97 Å². The molecular formula is C22H25N5S2. The van der Waals surface area contributed by atoms with E-state index in [9.17, 15) is 0 Å². The normalized spacial score (nSPS) is 16.4. The van der Waals surface area contributed by atoms with Crippen LogP contribution in [-0.4, -0.2) is 24.1 Å². The van der Waals surface area contributed by atoms with Crippen LogP contribution < -0.4 is 0 Å². The molecular weight excluding hydrogens is 398 g/mol. The first kappa shape index (κ1) is 18.9. The van der Waals surface area contributed by atoms with Crippen LogP contribution in [0.1, 0.15) is 42.8 Å². The monoisotopic (exact) mass is 423 g/mol. The Balaban J connectivity index is 1.42. The molecule has 0 fully saturated rings. The topological polar surface area (TPSA) is 48.0 Å². The molecule has 4 aromatic rings. The molecule has 4 aromatic heterocycles. The number of fused-ring (bicyclic) bond motifs is 2. The lowest BCUT2D eigenvalue weighted by atomic mass is 9.88. The number of hydrogen-bond acceptors (Lipinski definition) is 5. The van der Waals surface area contributed by atoms with Crippen LogP contribution in [0, 0.1) is 5.92 Å².